The van der Waals surface area contributed by atoms with Gasteiger partial charge in [-0.2, -0.15) is 0 Å². The quantitative estimate of drug-likeness (QED) is 0.584. The van der Waals surface area contributed by atoms with Gasteiger partial charge < -0.3 is 23.9 Å². The zero-order valence-electron chi connectivity index (χ0n) is 18.8. The molecule has 33 heavy (non-hydrogen) atoms. The summed E-state index contributed by atoms with van der Waals surface area (Å²) in [5.74, 6) is 0.373. The molecule has 1 saturated heterocycles. The second kappa shape index (κ2) is 8.72. The number of para-hydroxylation sites is 1. The smallest absolute Gasteiger partial charge is 0.253 e. The molecule has 3 aromatic rings. The van der Waals surface area contributed by atoms with E-state index in [1.165, 1.54) is 16.5 Å². The number of rotatable bonds is 4. The topological polar surface area (TPSA) is 66.2 Å². The van der Waals surface area contributed by atoms with E-state index >= 15 is 0 Å². The van der Waals surface area contributed by atoms with Crippen LogP contribution in [0.5, 0.6) is 0 Å². The minimum Gasteiger partial charge on any atom is -0.440 e. The number of hydrogen-bond acceptors (Lipinski definition) is 6. The largest absolute Gasteiger partial charge is 0.440 e. The molecule has 2 aliphatic heterocycles. The van der Waals surface area contributed by atoms with Crippen molar-refractivity contribution in [1.82, 2.24) is 4.90 Å². The predicted molar refractivity (Wildman–Crippen MR) is 130 cm³/mol. The molecule has 0 N–H and O–H groups in total. The van der Waals surface area contributed by atoms with Crippen molar-refractivity contribution in [2.24, 2.45) is 0 Å². The monoisotopic (exact) mass is 467 g/mol. The molecule has 5 rings (SSSR count). The van der Waals surface area contributed by atoms with Gasteiger partial charge in [-0.15, -0.1) is 0 Å². The Hall–Kier alpha value is -3.03. The Morgan fingerprint density at radius 1 is 1.12 bits per heavy atom. The van der Waals surface area contributed by atoms with Gasteiger partial charge in [0, 0.05) is 57.5 Å². The maximum Gasteiger partial charge on any atom is 0.253 e. The zero-order chi connectivity index (χ0) is 23.1. The van der Waals surface area contributed by atoms with Crippen LogP contribution in [-0.2, 0) is 17.7 Å². The van der Waals surface area contributed by atoms with E-state index in [0.717, 1.165) is 24.2 Å². The molecule has 1 amide bonds. The first-order chi connectivity index (χ1) is 15.9. The van der Waals surface area contributed by atoms with Crippen LogP contribution in [0.25, 0.3) is 11.0 Å². The summed E-state index contributed by atoms with van der Waals surface area (Å²) in [6, 6.07) is 10.9. The van der Waals surface area contributed by atoms with E-state index in [1.54, 1.807) is 20.2 Å². The Morgan fingerprint density at radius 3 is 2.67 bits per heavy atom. The van der Waals surface area contributed by atoms with Crippen molar-refractivity contribution >= 4 is 40.0 Å². The Bertz CT molecular complexity index is 1280. The number of morpholine rings is 1. The van der Waals surface area contributed by atoms with Gasteiger partial charge in [0.15, 0.2) is 11.3 Å². The van der Waals surface area contributed by atoms with Crippen molar-refractivity contribution in [3.05, 3.63) is 68.3 Å². The minimum atomic E-state index is -0.160. The molecular weight excluding hydrogens is 442 g/mol. The van der Waals surface area contributed by atoms with Gasteiger partial charge in [0.1, 0.15) is 5.58 Å². The van der Waals surface area contributed by atoms with Crippen molar-refractivity contribution in [2.75, 3.05) is 56.7 Å². The number of ether oxygens (including phenoxy) is 1. The fraction of sp³-hybridized carbons (Fsp3) is 0.360. The Morgan fingerprint density at radius 2 is 1.91 bits per heavy atom. The highest BCUT2D eigenvalue weighted by atomic mass is 35.5. The van der Waals surface area contributed by atoms with Crippen molar-refractivity contribution < 1.29 is 13.9 Å². The van der Waals surface area contributed by atoms with Gasteiger partial charge in [0.25, 0.3) is 5.91 Å². The molecule has 8 heteroatoms. The summed E-state index contributed by atoms with van der Waals surface area (Å²) in [6.45, 7) is 3.80. The lowest BCUT2D eigenvalue weighted by Crippen LogP contribution is -2.36. The summed E-state index contributed by atoms with van der Waals surface area (Å²) in [4.78, 5) is 31.7. The maximum atomic E-state index is 13.2. The summed E-state index contributed by atoms with van der Waals surface area (Å²) >= 11 is 6.53. The third-order valence-corrected chi connectivity index (χ3v) is 6.57. The average Bonchev–Trinajstić information content (AvgIpc) is 3.23. The molecule has 0 bridgehead atoms. The lowest BCUT2D eigenvalue weighted by Gasteiger charge is -2.27. The number of nitrogens with zero attached hydrogens (tertiary/aromatic N) is 3. The molecule has 1 fully saturated rings. The molecule has 7 nitrogen and oxygen atoms in total. The lowest BCUT2D eigenvalue weighted by atomic mass is 10.0. The fourth-order valence-corrected chi connectivity index (χ4v) is 4.92. The number of carbonyl (C=O) groups is 1. The Kier molecular flexibility index (Phi) is 5.76. The molecule has 0 aliphatic carbocycles. The standard InChI is InChI=1S/C25H26ClN3O4/c1-27(2)25(31)17-12-18(15-29-7-6-16-4-3-5-20(26)23(16)29)24-19(13-17)21(30)14-22(33-24)28-8-10-32-11-9-28/h3-5,12-14H,6-11,15H2,1-2H3. The van der Waals surface area contributed by atoms with Crippen LogP contribution in [0, 0.1) is 0 Å². The molecule has 1 aromatic heterocycles. The van der Waals surface area contributed by atoms with E-state index in [1.807, 2.05) is 23.1 Å². The number of carbonyl (C=O) groups excluding carboxylic acids is 1. The summed E-state index contributed by atoms with van der Waals surface area (Å²) in [7, 11) is 3.40. The highest BCUT2D eigenvalue weighted by molar-refractivity contribution is 6.33. The molecule has 172 valence electrons. The lowest BCUT2D eigenvalue weighted by molar-refractivity contribution is 0.0827. The van der Waals surface area contributed by atoms with Gasteiger partial charge in [-0.3, -0.25) is 9.59 Å². The summed E-state index contributed by atoms with van der Waals surface area (Å²) in [5.41, 5.74) is 3.81. The molecule has 2 aliphatic rings. The molecule has 0 radical (unpaired) electrons. The number of halogens is 1. The minimum absolute atomic E-state index is 0.158. The van der Waals surface area contributed by atoms with E-state index in [-0.39, 0.29) is 11.3 Å². The van der Waals surface area contributed by atoms with Gasteiger partial charge in [-0.1, -0.05) is 23.7 Å². The second-order valence-electron chi connectivity index (χ2n) is 8.68. The summed E-state index contributed by atoms with van der Waals surface area (Å²) in [5, 5.41) is 1.11. The molecule has 0 unspecified atom stereocenters. The third kappa shape index (κ3) is 4.07. The van der Waals surface area contributed by atoms with Crippen molar-refractivity contribution in [3.63, 3.8) is 0 Å². The molecule has 2 aromatic carbocycles. The Labute approximate surface area is 197 Å². The third-order valence-electron chi connectivity index (χ3n) is 6.27. The van der Waals surface area contributed by atoms with Crippen molar-refractivity contribution in [3.8, 4) is 0 Å². The van der Waals surface area contributed by atoms with E-state index in [4.69, 9.17) is 20.8 Å². The highest BCUT2D eigenvalue weighted by Gasteiger charge is 2.25. The van der Waals surface area contributed by atoms with E-state index < -0.39 is 0 Å². The SMILES string of the molecule is CN(C)C(=O)c1cc(CN2CCc3cccc(Cl)c32)c2oc(N3CCOCC3)cc(=O)c2c1. The van der Waals surface area contributed by atoms with E-state index in [2.05, 4.69) is 11.0 Å². The van der Waals surface area contributed by atoms with Crippen LogP contribution in [0.4, 0.5) is 11.6 Å². The first-order valence-corrected chi connectivity index (χ1v) is 11.5. The first kappa shape index (κ1) is 21.8. The molecule has 0 saturated carbocycles. The van der Waals surface area contributed by atoms with Crippen LogP contribution in [0.15, 0.2) is 45.6 Å². The predicted octanol–water partition coefficient (Wildman–Crippen LogP) is 3.55. The Balaban J connectivity index is 1.64. The number of hydrogen-bond donors (Lipinski definition) is 0. The van der Waals surface area contributed by atoms with Crippen LogP contribution in [0.3, 0.4) is 0 Å². The first-order valence-electron chi connectivity index (χ1n) is 11.1. The van der Waals surface area contributed by atoms with Gasteiger partial charge in [0.05, 0.1) is 29.3 Å². The normalized spacial score (nSPS) is 15.7. The van der Waals surface area contributed by atoms with Gasteiger partial charge in [-0.05, 0) is 30.2 Å². The van der Waals surface area contributed by atoms with Crippen LogP contribution < -0.4 is 15.2 Å². The summed E-state index contributed by atoms with van der Waals surface area (Å²) < 4.78 is 11.8. The molecule has 0 spiro atoms. The zero-order valence-corrected chi connectivity index (χ0v) is 19.5. The van der Waals surface area contributed by atoms with Gasteiger partial charge >= 0.3 is 0 Å². The van der Waals surface area contributed by atoms with Crippen molar-refractivity contribution in [2.45, 2.75) is 13.0 Å². The van der Waals surface area contributed by atoms with Crippen molar-refractivity contribution in [1.29, 1.82) is 0 Å². The van der Waals surface area contributed by atoms with E-state index in [9.17, 15) is 9.59 Å². The molecular formula is C25H26ClN3O4. The number of amides is 1. The number of benzene rings is 2. The highest BCUT2D eigenvalue weighted by Crippen LogP contribution is 2.37. The van der Waals surface area contributed by atoms with Gasteiger partial charge in [-0.25, -0.2) is 0 Å². The maximum absolute atomic E-state index is 13.2. The van der Waals surface area contributed by atoms with Crippen LogP contribution >= 0.6 is 11.6 Å². The number of anilines is 2. The summed E-state index contributed by atoms with van der Waals surface area (Å²) in [6.07, 6.45) is 0.896. The molecule has 3 heterocycles. The number of fused-ring (bicyclic) bond motifs is 2. The van der Waals surface area contributed by atoms with Crippen LogP contribution in [0.1, 0.15) is 21.5 Å². The van der Waals surface area contributed by atoms with Gasteiger partial charge in [0.2, 0.25) is 0 Å². The van der Waals surface area contributed by atoms with Crippen LogP contribution in [0.2, 0.25) is 5.02 Å². The molecule has 0 atom stereocenters. The van der Waals surface area contributed by atoms with E-state index in [0.29, 0.717) is 60.3 Å². The fourth-order valence-electron chi connectivity index (χ4n) is 4.60. The average molecular weight is 468 g/mol. The second-order valence-corrected chi connectivity index (χ2v) is 9.09. The van der Waals surface area contributed by atoms with Crippen LogP contribution in [-0.4, -0.2) is 57.8 Å².